The van der Waals surface area contributed by atoms with Gasteiger partial charge in [-0.25, -0.2) is 14.1 Å². The molecule has 0 saturated carbocycles. The number of halogens is 1. The zero-order valence-electron chi connectivity index (χ0n) is 20.3. The molecule has 0 amide bonds. The molecule has 1 saturated heterocycles. The number of fused-ring (bicyclic) bond motifs is 5. The highest BCUT2D eigenvalue weighted by molar-refractivity contribution is 6.15. The standard InChI is InChI=1S/C27H25FN6O2/c1-14-23(33(2)32-31-14)20-13-30-22-18-6-9-29-27(35-3)25(18)34-24(15-7-10-36-11-8-15)17-5-4-16(28)12-19(17)21(20)26(22)34/h4-6,9,12-13,15,24H,7-8,10-11H2,1-3H3. The number of benzene rings is 1. The average molecular weight is 485 g/mol. The summed E-state index contributed by atoms with van der Waals surface area (Å²) >= 11 is 0. The summed E-state index contributed by atoms with van der Waals surface area (Å²) in [5.74, 6) is 0.599. The summed E-state index contributed by atoms with van der Waals surface area (Å²) in [6, 6.07) is 7.12. The lowest BCUT2D eigenvalue weighted by molar-refractivity contribution is 0.0551. The van der Waals surface area contributed by atoms with Crippen LogP contribution in [-0.4, -0.2) is 49.9 Å². The zero-order valence-corrected chi connectivity index (χ0v) is 20.3. The first-order valence-electron chi connectivity index (χ1n) is 12.2. The van der Waals surface area contributed by atoms with Gasteiger partial charge in [-0.3, -0.25) is 4.98 Å². The molecule has 0 bridgehead atoms. The lowest BCUT2D eigenvalue weighted by Crippen LogP contribution is -2.29. The predicted molar refractivity (Wildman–Crippen MR) is 133 cm³/mol. The fraction of sp³-hybridized carbons (Fsp3) is 0.333. The van der Waals surface area contributed by atoms with Gasteiger partial charge in [-0.15, -0.1) is 5.10 Å². The van der Waals surface area contributed by atoms with Crippen LogP contribution in [0.2, 0.25) is 0 Å². The Kier molecular flexibility index (Phi) is 4.66. The van der Waals surface area contributed by atoms with E-state index in [1.807, 2.05) is 32.3 Å². The second-order valence-corrected chi connectivity index (χ2v) is 9.60. The van der Waals surface area contributed by atoms with Crippen molar-refractivity contribution in [3.8, 4) is 28.3 Å². The van der Waals surface area contributed by atoms with Crippen LogP contribution in [0.5, 0.6) is 5.88 Å². The number of pyridine rings is 2. The Morgan fingerprint density at radius 2 is 1.92 bits per heavy atom. The van der Waals surface area contributed by atoms with Crippen molar-refractivity contribution in [2.75, 3.05) is 20.3 Å². The van der Waals surface area contributed by atoms with Gasteiger partial charge in [-0.1, -0.05) is 11.3 Å². The van der Waals surface area contributed by atoms with E-state index in [4.69, 9.17) is 14.5 Å². The summed E-state index contributed by atoms with van der Waals surface area (Å²) in [6.45, 7) is 3.35. The van der Waals surface area contributed by atoms with Gasteiger partial charge in [0.05, 0.1) is 35.6 Å². The summed E-state index contributed by atoms with van der Waals surface area (Å²) in [5.41, 5.74) is 8.16. The van der Waals surface area contributed by atoms with Crippen molar-refractivity contribution in [3.63, 3.8) is 0 Å². The van der Waals surface area contributed by atoms with Gasteiger partial charge in [-0.2, -0.15) is 0 Å². The average Bonchev–Trinajstić information content (AvgIpc) is 3.42. The first kappa shape index (κ1) is 21.4. The third-order valence-corrected chi connectivity index (χ3v) is 7.72. The predicted octanol–water partition coefficient (Wildman–Crippen LogP) is 4.83. The molecule has 0 radical (unpaired) electrons. The smallest absolute Gasteiger partial charge is 0.238 e. The number of aryl methyl sites for hydroxylation is 2. The van der Waals surface area contributed by atoms with Crippen molar-refractivity contribution >= 4 is 21.9 Å². The van der Waals surface area contributed by atoms with E-state index in [9.17, 15) is 4.39 Å². The topological polar surface area (TPSA) is 79.9 Å². The van der Waals surface area contributed by atoms with Crippen LogP contribution in [0, 0.1) is 18.7 Å². The van der Waals surface area contributed by atoms with Crippen LogP contribution in [0.25, 0.3) is 44.3 Å². The molecule has 1 unspecified atom stereocenters. The van der Waals surface area contributed by atoms with Crippen molar-refractivity contribution in [1.82, 2.24) is 29.5 Å². The maximum absolute atomic E-state index is 14.9. The van der Waals surface area contributed by atoms with E-state index in [-0.39, 0.29) is 11.9 Å². The minimum Gasteiger partial charge on any atom is -0.479 e. The molecule has 182 valence electrons. The molecule has 2 aliphatic rings. The molecule has 0 N–H and O–H groups in total. The van der Waals surface area contributed by atoms with Crippen LogP contribution in [0.4, 0.5) is 4.39 Å². The Labute approximate surface area is 206 Å². The lowest BCUT2D eigenvalue weighted by atomic mass is 9.80. The van der Waals surface area contributed by atoms with Crippen LogP contribution in [0.1, 0.15) is 30.1 Å². The van der Waals surface area contributed by atoms with E-state index < -0.39 is 0 Å². The Morgan fingerprint density at radius 3 is 2.67 bits per heavy atom. The lowest BCUT2D eigenvalue weighted by Gasteiger charge is -2.37. The largest absolute Gasteiger partial charge is 0.479 e. The van der Waals surface area contributed by atoms with Crippen LogP contribution < -0.4 is 4.74 Å². The Balaban J connectivity index is 1.70. The van der Waals surface area contributed by atoms with E-state index in [0.717, 1.165) is 68.4 Å². The molecule has 2 aliphatic heterocycles. The molecule has 6 heterocycles. The number of methoxy groups -OCH3 is 1. The van der Waals surface area contributed by atoms with Crippen molar-refractivity contribution in [2.45, 2.75) is 25.8 Å². The van der Waals surface area contributed by atoms with E-state index in [0.29, 0.717) is 25.0 Å². The number of aromatic nitrogens is 6. The molecule has 1 fully saturated rings. The van der Waals surface area contributed by atoms with Crippen molar-refractivity contribution in [1.29, 1.82) is 0 Å². The molecule has 1 atom stereocenters. The minimum absolute atomic E-state index is 0.0297. The molecule has 0 spiro atoms. The number of hydrogen-bond acceptors (Lipinski definition) is 6. The molecular formula is C27H25FN6O2. The van der Waals surface area contributed by atoms with Crippen LogP contribution >= 0.6 is 0 Å². The third-order valence-electron chi connectivity index (χ3n) is 7.72. The molecule has 0 aliphatic carbocycles. The van der Waals surface area contributed by atoms with E-state index in [1.54, 1.807) is 30.1 Å². The first-order valence-corrected chi connectivity index (χ1v) is 12.2. The summed E-state index contributed by atoms with van der Waals surface area (Å²) in [5, 5.41) is 9.48. The molecule has 7 rings (SSSR count). The second kappa shape index (κ2) is 7.83. The number of ether oxygens (including phenoxy) is 2. The maximum atomic E-state index is 14.9. The van der Waals surface area contributed by atoms with Gasteiger partial charge in [0.15, 0.2) is 0 Å². The van der Waals surface area contributed by atoms with Gasteiger partial charge in [-0.05, 0) is 55.0 Å². The Hall–Kier alpha value is -3.85. The van der Waals surface area contributed by atoms with E-state index in [1.165, 1.54) is 0 Å². The third kappa shape index (κ3) is 2.83. The summed E-state index contributed by atoms with van der Waals surface area (Å²) in [6.07, 6.45) is 5.45. The highest BCUT2D eigenvalue weighted by Gasteiger charge is 2.38. The van der Waals surface area contributed by atoms with E-state index in [2.05, 4.69) is 19.9 Å². The van der Waals surface area contributed by atoms with Gasteiger partial charge < -0.3 is 14.0 Å². The highest BCUT2D eigenvalue weighted by atomic mass is 19.1. The minimum atomic E-state index is -0.265. The highest BCUT2D eigenvalue weighted by Crippen LogP contribution is 2.53. The molecule has 5 aromatic rings. The second-order valence-electron chi connectivity index (χ2n) is 9.60. The molecule has 1 aromatic carbocycles. The van der Waals surface area contributed by atoms with Crippen molar-refractivity contribution < 1.29 is 13.9 Å². The summed E-state index contributed by atoms with van der Waals surface area (Å²) < 4.78 is 30.5. The fourth-order valence-electron chi connectivity index (χ4n) is 6.25. The Bertz CT molecular complexity index is 1650. The van der Waals surface area contributed by atoms with Gasteiger partial charge in [0, 0.05) is 49.2 Å². The molecule has 4 aromatic heterocycles. The monoisotopic (exact) mass is 484 g/mol. The first-order chi connectivity index (χ1) is 17.6. The Morgan fingerprint density at radius 1 is 1.08 bits per heavy atom. The van der Waals surface area contributed by atoms with E-state index >= 15 is 0 Å². The molecular weight excluding hydrogens is 459 g/mol. The summed E-state index contributed by atoms with van der Waals surface area (Å²) in [4.78, 5) is 9.52. The molecule has 9 heteroatoms. The molecule has 8 nitrogen and oxygen atoms in total. The van der Waals surface area contributed by atoms with Gasteiger partial charge in [0.1, 0.15) is 11.3 Å². The van der Waals surface area contributed by atoms with Crippen LogP contribution in [0.15, 0.2) is 36.7 Å². The van der Waals surface area contributed by atoms with Crippen LogP contribution in [-0.2, 0) is 11.8 Å². The number of rotatable bonds is 3. The van der Waals surface area contributed by atoms with Crippen molar-refractivity contribution in [2.24, 2.45) is 13.0 Å². The number of hydrogen-bond donors (Lipinski definition) is 0. The quantitative estimate of drug-likeness (QED) is 0.365. The van der Waals surface area contributed by atoms with Gasteiger partial charge >= 0.3 is 0 Å². The fourth-order valence-corrected chi connectivity index (χ4v) is 6.25. The maximum Gasteiger partial charge on any atom is 0.238 e. The number of nitrogens with zero attached hydrogens (tertiary/aromatic N) is 6. The van der Waals surface area contributed by atoms with Gasteiger partial charge in [0.2, 0.25) is 5.88 Å². The van der Waals surface area contributed by atoms with Crippen molar-refractivity contribution in [3.05, 3.63) is 53.7 Å². The molecule has 36 heavy (non-hydrogen) atoms. The normalized spacial score (nSPS) is 17.6. The van der Waals surface area contributed by atoms with Gasteiger partial charge in [0.25, 0.3) is 0 Å². The summed E-state index contributed by atoms with van der Waals surface area (Å²) in [7, 11) is 3.52. The van der Waals surface area contributed by atoms with Crippen LogP contribution in [0.3, 0.4) is 0 Å². The SMILES string of the molecule is COc1nccc2c3ncc(-c4c(C)nnn4C)c4c3n(c12)C(C1CCOCC1)c1ccc(F)cc1-4. The zero-order chi connectivity index (χ0) is 24.6.